The van der Waals surface area contributed by atoms with Gasteiger partial charge >= 0.3 is 5.97 Å². The van der Waals surface area contributed by atoms with Gasteiger partial charge in [0.2, 0.25) is 0 Å². The van der Waals surface area contributed by atoms with Gasteiger partial charge in [0.05, 0.1) is 23.3 Å². The number of carboxylic acid groups (broad SMARTS) is 1. The van der Waals surface area contributed by atoms with Gasteiger partial charge in [0.25, 0.3) is 5.91 Å². The average Bonchev–Trinajstić information content (AvgIpc) is 3.21. The number of carbonyl (C=O) groups excluding carboxylic acids is 1. The fraction of sp³-hybridized carbons (Fsp3) is 0.148. The minimum Gasteiger partial charge on any atom is -0.493 e. The molecular weight excluding hydrogens is 464 g/mol. The van der Waals surface area contributed by atoms with Crippen LogP contribution in [0.3, 0.4) is 0 Å². The summed E-state index contributed by atoms with van der Waals surface area (Å²) in [5.74, 6) is -0.113. The number of nitrogens with one attached hydrogen (secondary N) is 1. The first kappa shape index (κ1) is 24.1. The number of methoxy groups -OCH3 is 1. The number of hydrogen-bond donors (Lipinski definition) is 2. The Morgan fingerprint density at radius 3 is 2.40 bits per heavy atom. The number of amidine groups is 1. The first-order valence-corrected chi connectivity index (χ1v) is 11.8. The molecule has 0 saturated carbocycles. The molecule has 8 heteroatoms. The first-order valence-electron chi connectivity index (χ1n) is 11.0. The minimum absolute atomic E-state index is 0.206. The molecule has 1 fully saturated rings. The van der Waals surface area contributed by atoms with Crippen LogP contribution in [0, 0.1) is 0 Å². The van der Waals surface area contributed by atoms with E-state index in [0.29, 0.717) is 21.6 Å². The SMILES string of the molecule is CCc1ccc(N=C2NC(=O)/C(=C\c3ccc(OCc4ccc(C(=O)O)cc4)c(OC)c3)S2)cc1. The predicted molar refractivity (Wildman–Crippen MR) is 137 cm³/mol. The van der Waals surface area contributed by atoms with Gasteiger partial charge in [-0.3, -0.25) is 4.79 Å². The highest BCUT2D eigenvalue weighted by molar-refractivity contribution is 8.18. The molecule has 0 radical (unpaired) electrons. The summed E-state index contributed by atoms with van der Waals surface area (Å²) in [5, 5.41) is 12.3. The molecule has 0 bridgehead atoms. The van der Waals surface area contributed by atoms with Crippen molar-refractivity contribution in [2.45, 2.75) is 20.0 Å². The van der Waals surface area contributed by atoms with E-state index in [1.807, 2.05) is 30.3 Å². The molecule has 1 aliphatic rings. The topological polar surface area (TPSA) is 97.2 Å². The normalized spacial score (nSPS) is 15.3. The number of rotatable bonds is 8. The zero-order valence-corrected chi connectivity index (χ0v) is 20.1. The molecule has 0 aliphatic carbocycles. The Balaban J connectivity index is 1.45. The molecule has 3 aromatic rings. The van der Waals surface area contributed by atoms with Crippen molar-refractivity contribution in [1.29, 1.82) is 0 Å². The maximum Gasteiger partial charge on any atom is 0.335 e. The number of benzene rings is 3. The third kappa shape index (κ3) is 6.10. The summed E-state index contributed by atoms with van der Waals surface area (Å²) in [6, 6.07) is 19.8. The van der Waals surface area contributed by atoms with Gasteiger partial charge in [-0.25, -0.2) is 9.79 Å². The third-order valence-electron chi connectivity index (χ3n) is 5.31. The second kappa shape index (κ2) is 10.9. The third-order valence-corrected chi connectivity index (χ3v) is 6.22. The highest BCUT2D eigenvalue weighted by Crippen LogP contribution is 2.32. The Morgan fingerprint density at radius 1 is 1.03 bits per heavy atom. The van der Waals surface area contributed by atoms with Crippen molar-refractivity contribution in [3.05, 3.63) is 93.9 Å². The summed E-state index contributed by atoms with van der Waals surface area (Å²) in [6.45, 7) is 2.36. The number of thioether (sulfide) groups is 1. The van der Waals surface area contributed by atoms with Gasteiger partial charge in [-0.05, 0) is 77.3 Å². The highest BCUT2D eigenvalue weighted by Gasteiger charge is 2.24. The molecule has 1 heterocycles. The van der Waals surface area contributed by atoms with Gasteiger partial charge in [0.1, 0.15) is 6.61 Å². The molecule has 1 aliphatic heterocycles. The molecule has 0 aromatic heterocycles. The van der Waals surface area contributed by atoms with E-state index in [9.17, 15) is 9.59 Å². The van der Waals surface area contributed by atoms with E-state index >= 15 is 0 Å². The van der Waals surface area contributed by atoms with E-state index in [0.717, 1.165) is 23.2 Å². The van der Waals surface area contributed by atoms with Gasteiger partial charge in [0.15, 0.2) is 16.7 Å². The fourth-order valence-corrected chi connectivity index (χ4v) is 4.19. The van der Waals surface area contributed by atoms with Crippen LogP contribution in [-0.4, -0.2) is 29.3 Å². The molecule has 7 nitrogen and oxygen atoms in total. The van der Waals surface area contributed by atoms with Crippen LogP contribution in [0.25, 0.3) is 6.08 Å². The Labute approximate surface area is 207 Å². The lowest BCUT2D eigenvalue weighted by molar-refractivity contribution is -0.115. The molecule has 1 amide bonds. The molecule has 0 atom stereocenters. The van der Waals surface area contributed by atoms with Crippen LogP contribution in [0.1, 0.15) is 34.0 Å². The van der Waals surface area contributed by atoms with Crippen molar-refractivity contribution in [3.8, 4) is 11.5 Å². The van der Waals surface area contributed by atoms with Crippen LogP contribution >= 0.6 is 11.8 Å². The minimum atomic E-state index is -0.970. The quantitative estimate of drug-likeness (QED) is 0.411. The van der Waals surface area contributed by atoms with Crippen molar-refractivity contribution in [3.63, 3.8) is 0 Å². The Hall–Kier alpha value is -4.04. The number of nitrogens with zero attached hydrogens (tertiary/aromatic N) is 1. The summed E-state index contributed by atoms with van der Waals surface area (Å²) in [5.41, 5.74) is 3.85. The van der Waals surface area contributed by atoms with E-state index in [2.05, 4.69) is 17.2 Å². The van der Waals surface area contributed by atoms with E-state index in [1.54, 1.807) is 37.5 Å². The number of amides is 1. The molecule has 1 saturated heterocycles. The number of aryl methyl sites for hydroxylation is 1. The predicted octanol–water partition coefficient (Wildman–Crippen LogP) is 5.43. The number of aromatic carboxylic acids is 1. The summed E-state index contributed by atoms with van der Waals surface area (Å²) in [6.07, 6.45) is 2.74. The van der Waals surface area contributed by atoms with Crippen molar-refractivity contribution in [1.82, 2.24) is 5.32 Å². The standard InChI is InChI=1S/C27H24N2O5S/c1-3-17-6-11-21(12-7-17)28-27-29-25(30)24(35-27)15-19-8-13-22(23(14-19)33-2)34-16-18-4-9-20(10-5-18)26(31)32/h4-15H,3,16H2,1-2H3,(H,31,32)(H,28,29,30)/b24-15+. The number of aliphatic imine (C=N–C) groups is 1. The summed E-state index contributed by atoms with van der Waals surface area (Å²) in [7, 11) is 1.55. The smallest absolute Gasteiger partial charge is 0.335 e. The molecule has 178 valence electrons. The van der Waals surface area contributed by atoms with Gasteiger partial charge < -0.3 is 19.9 Å². The lowest BCUT2D eigenvalue weighted by atomic mass is 10.1. The number of hydrogen-bond acceptors (Lipinski definition) is 6. The lowest BCUT2D eigenvalue weighted by Gasteiger charge is -2.11. The largest absolute Gasteiger partial charge is 0.493 e. The summed E-state index contributed by atoms with van der Waals surface area (Å²) >= 11 is 1.28. The van der Waals surface area contributed by atoms with Gasteiger partial charge in [-0.2, -0.15) is 0 Å². The molecule has 2 N–H and O–H groups in total. The van der Waals surface area contributed by atoms with Crippen molar-refractivity contribution >= 4 is 40.6 Å². The van der Waals surface area contributed by atoms with Crippen LogP contribution in [0.4, 0.5) is 5.69 Å². The first-order chi connectivity index (χ1) is 16.9. The fourth-order valence-electron chi connectivity index (χ4n) is 3.35. The van der Waals surface area contributed by atoms with Crippen LogP contribution in [0.5, 0.6) is 11.5 Å². The highest BCUT2D eigenvalue weighted by atomic mass is 32.2. The van der Waals surface area contributed by atoms with E-state index in [1.165, 1.54) is 29.5 Å². The lowest BCUT2D eigenvalue weighted by Crippen LogP contribution is -2.19. The Kier molecular flexibility index (Phi) is 7.52. The van der Waals surface area contributed by atoms with Crippen LogP contribution in [-0.2, 0) is 17.8 Å². The van der Waals surface area contributed by atoms with Crippen molar-refractivity contribution in [2.24, 2.45) is 4.99 Å². The zero-order chi connectivity index (χ0) is 24.8. The molecule has 0 unspecified atom stereocenters. The molecule has 4 rings (SSSR count). The average molecular weight is 489 g/mol. The van der Waals surface area contributed by atoms with Gasteiger partial charge in [-0.15, -0.1) is 0 Å². The zero-order valence-electron chi connectivity index (χ0n) is 19.3. The van der Waals surface area contributed by atoms with Crippen LogP contribution in [0.15, 0.2) is 76.6 Å². The molecular formula is C27H24N2O5S. The Morgan fingerprint density at radius 2 is 1.74 bits per heavy atom. The summed E-state index contributed by atoms with van der Waals surface area (Å²) < 4.78 is 11.3. The van der Waals surface area contributed by atoms with E-state index in [4.69, 9.17) is 14.6 Å². The van der Waals surface area contributed by atoms with Gasteiger partial charge in [0, 0.05) is 0 Å². The maximum atomic E-state index is 12.5. The van der Waals surface area contributed by atoms with Crippen LogP contribution in [0.2, 0.25) is 0 Å². The number of carboxylic acids is 1. The van der Waals surface area contributed by atoms with Gasteiger partial charge in [-0.1, -0.05) is 37.3 Å². The monoisotopic (exact) mass is 488 g/mol. The number of carbonyl (C=O) groups is 2. The summed E-state index contributed by atoms with van der Waals surface area (Å²) in [4.78, 5) is 28.5. The van der Waals surface area contributed by atoms with Crippen LogP contribution < -0.4 is 14.8 Å². The number of ether oxygens (including phenoxy) is 2. The maximum absolute atomic E-state index is 12.5. The molecule has 35 heavy (non-hydrogen) atoms. The molecule has 0 spiro atoms. The van der Waals surface area contributed by atoms with E-state index < -0.39 is 5.97 Å². The second-order valence-corrected chi connectivity index (χ2v) is 8.73. The molecule has 3 aromatic carbocycles. The second-order valence-electron chi connectivity index (χ2n) is 7.70. The Bertz CT molecular complexity index is 1300. The van der Waals surface area contributed by atoms with E-state index in [-0.39, 0.29) is 18.1 Å². The van der Waals surface area contributed by atoms with Crippen molar-refractivity contribution in [2.75, 3.05) is 7.11 Å². The van der Waals surface area contributed by atoms with Crippen molar-refractivity contribution < 1.29 is 24.2 Å².